The number of fused-ring (bicyclic) bond motifs is 1. The first-order chi connectivity index (χ1) is 11.6. The van der Waals surface area contributed by atoms with E-state index in [-0.39, 0.29) is 24.8 Å². The van der Waals surface area contributed by atoms with E-state index in [9.17, 15) is 9.59 Å². The summed E-state index contributed by atoms with van der Waals surface area (Å²) in [4.78, 5) is 25.5. The van der Waals surface area contributed by atoms with Gasteiger partial charge in [0.2, 0.25) is 5.91 Å². The van der Waals surface area contributed by atoms with E-state index in [4.69, 9.17) is 10.5 Å². The van der Waals surface area contributed by atoms with Crippen LogP contribution in [0.15, 0.2) is 24.3 Å². The summed E-state index contributed by atoms with van der Waals surface area (Å²) < 4.78 is 5.65. The molecule has 2 fully saturated rings. The van der Waals surface area contributed by atoms with Crippen LogP contribution in [-0.4, -0.2) is 35.9 Å². The number of ether oxygens (including phenoxy) is 1. The van der Waals surface area contributed by atoms with Crippen LogP contribution in [0.2, 0.25) is 0 Å². The van der Waals surface area contributed by atoms with Crippen LogP contribution in [0.1, 0.15) is 44.1 Å². The molecule has 3 rings (SSSR count). The topological polar surface area (TPSA) is 72.6 Å². The lowest BCUT2D eigenvalue weighted by Crippen LogP contribution is -2.51. The summed E-state index contributed by atoms with van der Waals surface area (Å²) in [6, 6.07) is 7.60. The van der Waals surface area contributed by atoms with E-state index in [0.717, 1.165) is 24.9 Å². The van der Waals surface area contributed by atoms with E-state index in [0.29, 0.717) is 17.7 Å². The van der Waals surface area contributed by atoms with Crippen molar-refractivity contribution < 1.29 is 14.3 Å². The molecule has 1 aliphatic heterocycles. The first-order valence-corrected chi connectivity index (χ1v) is 8.93. The van der Waals surface area contributed by atoms with Gasteiger partial charge in [-0.05, 0) is 49.3 Å². The van der Waals surface area contributed by atoms with Gasteiger partial charge in [-0.1, -0.05) is 25.0 Å². The van der Waals surface area contributed by atoms with Crippen LogP contribution in [0.5, 0.6) is 5.75 Å². The largest absolute Gasteiger partial charge is 0.484 e. The van der Waals surface area contributed by atoms with Crippen molar-refractivity contribution in [2.75, 3.05) is 13.2 Å². The van der Waals surface area contributed by atoms with Crippen LogP contribution in [0.25, 0.3) is 0 Å². The van der Waals surface area contributed by atoms with Gasteiger partial charge in [-0.15, -0.1) is 0 Å². The molecule has 2 amide bonds. The average molecular weight is 330 g/mol. The third-order valence-electron chi connectivity index (χ3n) is 5.23. The Morgan fingerprint density at radius 2 is 1.79 bits per heavy atom. The molecule has 2 aliphatic rings. The minimum Gasteiger partial charge on any atom is -0.484 e. The van der Waals surface area contributed by atoms with Crippen molar-refractivity contribution in [1.82, 2.24) is 4.90 Å². The van der Waals surface area contributed by atoms with E-state index in [1.165, 1.54) is 25.7 Å². The highest BCUT2D eigenvalue weighted by molar-refractivity contribution is 5.78. The molecule has 0 spiro atoms. The van der Waals surface area contributed by atoms with Gasteiger partial charge in [0, 0.05) is 12.6 Å². The van der Waals surface area contributed by atoms with E-state index in [1.54, 1.807) is 12.1 Å². The summed E-state index contributed by atoms with van der Waals surface area (Å²) in [5.74, 6) is 1.07. The summed E-state index contributed by atoms with van der Waals surface area (Å²) >= 11 is 0. The first kappa shape index (κ1) is 16.8. The first-order valence-electron chi connectivity index (χ1n) is 8.93. The SMILES string of the molecule is NC(=O)Cc1ccc(OCC(=O)N2CCCC3CCCCC32)cc1. The van der Waals surface area contributed by atoms with Gasteiger partial charge < -0.3 is 15.4 Å². The van der Waals surface area contributed by atoms with Crippen molar-refractivity contribution in [2.24, 2.45) is 11.7 Å². The molecule has 0 bridgehead atoms. The fraction of sp³-hybridized carbons (Fsp3) is 0.579. The van der Waals surface area contributed by atoms with Crippen molar-refractivity contribution >= 4 is 11.8 Å². The maximum atomic E-state index is 12.6. The van der Waals surface area contributed by atoms with Gasteiger partial charge in [-0.3, -0.25) is 9.59 Å². The molecule has 2 atom stereocenters. The molecule has 1 saturated heterocycles. The summed E-state index contributed by atoms with van der Waals surface area (Å²) in [7, 11) is 0. The van der Waals surface area contributed by atoms with E-state index >= 15 is 0 Å². The summed E-state index contributed by atoms with van der Waals surface area (Å²) in [6.45, 7) is 0.944. The Morgan fingerprint density at radius 1 is 1.08 bits per heavy atom. The maximum Gasteiger partial charge on any atom is 0.260 e. The van der Waals surface area contributed by atoms with Gasteiger partial charge in [-0.25, -0.2) is 0 Å². The number of rotatable bonds is 5. The number of carbonyl (C=O) groups excluding carboxylic acids is 2. The molecule has 0 aromatic heterocycles. The quantitative estimate of drug-likeness (QED) is 0.900. The van der Waals surface area contributed by atoms with Gasteiger partial charge in [0.1, 0.15) is 5.75 Å². The number of amides is 2. The molecule has 1 saturated carbocycles. The Morgan fingerprint density at radius 3 is 2.54 bits per heavy atom. The van der Waals surface area contributed by atoms with Crippen molar-refractivity contribution in [2.45, 2.75) is 51.0 Å². The molecule has 2 N–H and O–H groups in total. The van der Waals surface area contributed by atoms with Crippen LogP contribution in [0.3, 0.4) is 0 Å². The second kappa shape index (κ2) is 7.69. The zero-order chi connectivity index (χ0) is 16.9. The predicted octanol–water partition coefficient (Wildman–Crippen LogP) is 2.27. The molecule has 1 heterocycles. The standard InChI is InChI=1S/C19H26N2O3/c20-18(22)12-14-7-9-16(10-8-14)24-13-19(23)21-11-3-5-15-4-1-2-6-17(15)21/h7-10,15,17H,1-6,11-13H2,(H2,20,22). The highest BCUT2D eigenvalue weighted by atomic mass is 16.5. The summed E-state index contributed by atoms with van der Waals surface area (Å²) in [5.41, 5.74) is 6.03. The molecule has 2 unspecified atom stereocenters. The number of primary amides is 1. The number of nitrogens with two attached hydrogens (primary N) is 1. The number of carbonyl (C=O) groups is 2. The Hall–Kier alpha value is -2.04. The molecular weight excluding hydrogens is 304 g/mol. The Bertz CT molecular complexity index is 583. The summed E-state index contributed by atoms with van der Waals surface area (Å²) in [5, 5.41) is 0. The van der Waals surface area contributed by atoms with Gasteiger partial charge in [0.15, 0.2) is 6.61 Å². The molecule has 24 heavy (non-hydrogen) atoms. The highest BCUT2D eigenvalue weighted by Gasteiger charge is 2.35. The minimum absolute atomic E-state index is 0.0817. The van der Waals surface area contributed by atoms with Crippen molar-refractivity contribution in [3.05, 3.63) is 29.8 Å². The van der Waals surface area contributed by atoms with Gasteiger partial charge in [-0.2, -0.15) is 0 Å². The molecule has 1 aromatic rings. The third kappa shape index (κ3) is 4.08. The molecule has 0 radical (unpaired) electrons. The van der Waals surface area contributed by atoms with Gasteiger partial charge >= 0.3 is 0 Å². The summed E-state index contributed by atoms with van der Waals surface area (Å²) in [6.07, 6.45) is 7.51. The predicted molar refractivity (Wildman–Crippen MR) is 91.5 cm³/mol. The lowest BCUT2D eigenvalue weighted by Gasteiger charge is -2.44. The Balaban J connectivity index is 1.54. The van der Waals surface area contributed by atoms with Crippen LogP contribution < -0.4 is 10.5 Å². The number of hydrogen-bond donors (Lipinski definition) is 1. The lowest BCUT2D eigenvalue weighted by molar-refractivity contribution is -0.139. The molecule has 5 nitrogen and oxygen atoms in total. The molecule has 1 aromatic carbocycles. The molecular formula is C19H26N2O3. The zero-order valence-corrected chi connectivity index (χ0v) is 14.1. The van der Waals surface area contributed by atoms with Crippen molar-refractivity contribution in [3.8, 4) is 5.75 Å². The molecule has 1 aliphatic carbocycles. The van der Waals surface area contributed by atoms with Crippen LogP contribution in [0, 0.1) is 5.92 Å². The van der Waals surface area contributed by atoms with E-state index < -0.39 is 0 Å². The number of benzene rings is 1. The number of hydrogen-bond acceptors (Lipinski definition) is 3. The Labute approximate surface area is 143 Å². The number of piperidine rings is 1. The zero-order valence-electron chi connectivity index (χ0n) is 14.1. The monoisotopic (exact) mass is 330 g/mol. The number of likely N-dealkylation sites (tertiary alicyclic amines) is 1. The fourth-order valence-electron chi connectivity index (χ4n) is 4.07. The van der Waals surface area contributed by atoms with Crippen LogP contribution >= 0.6 is 0 Å². The Kier molecular flexibility index (Phi) is 5.38. The van der Waals surface area contributed by atoms with E-state index in [1.807, 2.05) is 12.1 Å². The van der Waals surface area contributed by atoms with Crippen LogP contribution in [-0.2, 0) is 16.0 Å². The third-order valence-corrected chi connectivity index (χ3v) is 5.23. The van der Waals surface area contributed by atoms with Crippen molar-refractivity contribution in [1.29, 1.82) is 0 Å². The fourth-order valence-corrected chi connectivity index (χ4v) is 4.07. The lowest BCUT2D eigenvalue weighted by atomic mass is 9.78. The molecule has 5 heteroatoms. The average Bonchev–Trinajstić information content (AvgIpc) is 2.60. The van der Waals surface area contributed by atoms with Crippen LogP contribution in [0.4, 0.5) is 0 Å². The normalized spacial score (nSPS) is 23.4. The minimum atomic E-state index is -0.356. The van der Waals surface area contributed by atoms with E-state index in [2.05, 4.69) is 4.90 Å². The second-order valence-electron chi connectivity index (χ2n) is 6.92. The second-order valence-corrected chi connectivity index (χ2v) is 6.92. The van der Waals surface area contributed by atoms with Crippen molar-refractivity contribution in [3.63, 3.8) is 0 Å². The smallest absolute Gasteiger partial charge is 0.260 e. The maximum absolute atomic E-state index is 12.6. The molecule has 130 valence electrons. The highest BCUT2D eigenvalue weighted by Crippen LogP contribution is 2.35. The number of nitrogens with zero attached hydrogens (tertiary/aromatic N) is 1. The van der Waals surface area contributed by atoms with Gasteiger partial charge in [0.05, 0.1) is 6.42 Å². The van der Waals surface area contributed by atoms with Gasteiger partial charge in [0.25, 0.3) is 5.91 Å².